The van der Waals surface area contributed by atoms with Crippen LogP contribution in [0.25, 0.3) is 10.9 Å². The summed E-state index contributed by atoms with van der Waals surface area (Å²) in [6.45, 7) is 2.01. The number of rotatable bonds is 2. The number of nitrogens with zero attached hydrogens (tertiary/aromatic N) is 1. The number of carbonyl (C=O) groups excluding carboxylic acids is 1. The summed E-state index contributed by atoms with van der Waals surface area (Å²) >= 11 is 0. The summed E-state index contributed by atoms with van der Waals surface area (Å²) in [4.78, 5) is 11.8. The smallest absolute Gasteiger partial charge is 0.254 e. The van der Waals surface area contributed by atoms with Crippen molar-refractivity contribution >= 4 is 16.8 Å². The predicted molar refractivity (Wildman–Crippen MR) is 62.0 cm³/mol. The van der Waals surface area contributed by atoms with Gasteiger partial charge in [-0.15, -0.1) is 0 Å². The van der Waals surface area contributed by atoms with Crippen LogP contribution in [0.3, 0.4) is 0 Å². The van der Waals surface area contributed by atoms with Gasteiger partial charge in [-0.05, 0) is 24.6 Å². The van der Waals surface area contributed by atoms with Crippen molar-refractivity contribution in [1.29, 1.82) is 0 Å². The van der Waals surface area contributed by atoms with Gasteiger partial charge in [0.2, 0.25) is 0 Å². The highest BCUT2D eigenvalue weighted by Crippen LogP contribution is 2.14. The molecule has 1 aromatic carbocycles. The van der Waals surface area contributed by atoms with Crippen LogP contribution >= 0.6 is 0 Å². The van der Waals surface area contributed by atoms with Gasteiger partial charge in [0.1, 0.15) is 0 Å². The molecule has 2 nitrogen and oxygen atoms in total. The molecule has 0 saturated heterocycles. The molecule has 76 valence electrons. The summed E-state index contributed by atoms with van der Waals surface area (Å²) in [5, 5.41) is 1.09. The molecule has 0 N–H and O–H groups in total. The molecule has 2 heteroatoms. The molecule has 0 unspecified atom stereocenters. The first-order valence-electron chi connectivity index (χ1n) is 5.10. The van der Waals surface area contributed by atoms with Gasteiger partial charge >= 0.3 is 0 Å². The molecule has 1 heterocycles. The monoisotopic (exact) mass is 199 g/mol. The van der Waals surface area contributed by atoms with Crippen molar-refractivity contribution in [2.75, 3.05) is 0 Å². The largest absolute Gasteiger partial charge is 0.284 e. The highest BCUT2D eigenvalue weighted by molar-refractivity contribution is 5.98. The first kappa shape index (κ1) is 9.71. The van der Waals surface area contributed by atoms with Crippen LogP contribution in [0.4, 0.5) is 0 Å². The lowest BCUT2D eigenvalue weighted by Gasteiger charge is -1.98. The van der Waals surface area contributed by atoms with Crippen LogP contribution in [0.1, 0.15) is 18.1 Å². The minimum atomic E-state index is 0.0121. The van der Waals surface area contributed by atoms with Gasteiger partial charge in [0, 0.05) is 11.6 Å². The zero-order valence-corrected chi connectivity index (χ0v) is 8.68. The molecule has 0 aliphatic rings. The minimum Gasteiger partial charge on any atom is -0.284 e. The molecule has 0 aliphatic carbocycles. The average Bonchev–Trinajstić information content (AvgIpc) is 2.69. The van der Waals surface area contributed by atoms with E-state index in [0.29, 0.717) is 0 Å². The van der Waals surface area contributed by atoms with Gasteiger partial charge in [0.25, 0.3) is 5.91 Å². The molecule has 0 fully saturated rings. The van der Waals surface area contributed by atoms with E-state index in [0.717, 1.165) is 17.3 Å². The second kappa shape index (κ2) is 4.13. The molecule has 1 aromatic heterocycles. The summed E-state index contributed by atoms with van der Waals surface area (Å²) in [7, 11) is 0. The quantitative estimate of drug-likeness (QED) is 0.680. The Hall–Kier alpha value is -1.83. The Morgan fingerprint density at radius 2 is 2.13 bits per heavy atom. The van der Waals surface area contributed by atoms with Crippen molar-refractivity contribution in [3.05, 3.63) is 48.7 Å². The van der Waals surface area contributed by atoms with E-state index in [4.69, 9.17) is 0 Å². The number of para-hydroxylation sites is 1. The van der Waals surface area contributed by atoms with Gasteiger partial charge in [-0.2, -0.15) is 0 Å². The van der Waals surface area contributed by atoms with E-state index in [-0.39, 0.29) is 5.91 Å². The SMILES string of the molecule is CCC=CC(=O)n1ccc2ccccc21. The minimum absolute atomic E-state index is 0.0121. The van der Waals surface area contributed by atoms with Gasteiger partial charge in [-0.25, -0.2) is 0 Å². The number of allylic oxidation sites excluding steroid dienone is 2. The Bertz CT molecular complexity index is 508. The van der Waals surface area contributed by atoms with Crippen LogP contribution < -0.4 is 0 Å². The fourth-order valence-corrected chi connectivity index (χ4v) is 1.57. The number of hydrogen-bond acceptors (Lipinski definition) is 1. The van der Waals surface area contributed by atoms with Crippen molar-refractivity contribution in [3.63, 3.8) is 0 Å². The molecule has 2 aromatic rings. The van der Waals surface area contributed by atoms with E-state index >= 15 is 0 Å². The number of benzene rings is 1. The number of hydrogen-bond donors (Lipinski definition) is 0. The fraction of sp³-hybridized carbons (Fsp3) is 0.154. The van der Waals surface area contributed by atoms with Crippen LogP contribution in [0.15, 0.2) is 48.7 Å². The zero-order chi connectivity index (χ0) is 10.7. The van der Waals surface area contributed by atoms with Crippen molar-refractivity contribution < 1.29 is 4.79 Å². The molecule has 0 spiro atoms. The zero-order valence-electron chi connectivity index (χ0n) is 8.68. The van der Waals surface area contributed by atoms with Crippen molar-refractivity contribution in [2.24, 2.45) is 0 Å². The third-order valence-corrected chi connectivity index (χ3v) is 2.33. The fourth-order valence-electron chi connectivity index (χ4n) is 1.57. The molecule has 0 bridgehead atoms. The van der Waals surface area contributed by atoms with E-state index in [1.54, 1.807) is 10.6 Å². The Morgan fingerprint density at radius 3 is 2.93 bits per heavy atom. The van der Waals surface area contributed by atoms with E-state index in [2.05, 4.69) is 0 Å². The first-order chi connectivity index (χ1) is 7.33. The number of carbonyl (C=O) groups is 1. The summed E-state index contributed by atoms with van der Waals surface area (Å²) in [6.07, 6.45) is 6.18. The van der Waals surface area contributed by atoms with Crippen LogP contribution in [-0.2, 0) is 0 Å². The second-order valence-electron chi connectivity index (χ2n) is 3.39. The summed E-state index contributed by atoms with van der Waals surface area (Å²) in [5.74, 6) is 0.0121. The summed E-state index contributed by atoms with van der Waals surface area (Å²) in [5.41, 5.74) is 0.961. The second-order valence-corrected chi connectivity index (χ2v) is 3.39. The molecule has 15 heavy (non-hydrogen) atoms. The summed E-state index contributed by atoms with van der Waals surface area (Å²) in [6, 6.07) is 9.82. The maximum atomic E-state index is 11.8. The Labute approximate surface area is 88.8 Å². The molecule has 2 rings (SSSR count). The van der Waals surface area contributed by atoms with Crippen LogP contribution in [0.2, 0.25) is 0 Å². The van der Waals surface area contributed by atoms with Crippen LogP contribution in [0.5, 0.6) is 0 Å². The Morgan fingerprint density at radius 1 is 1.33 bits per heavy atom. The normalized spacial score (nSPS) is 11.3. The number of aromatic nitrogens is 1. The lowest BCUT2D eigenvalue weighted by atomic mass is 10.2. The van der Waals surface area contributed by atoms with Crippen molar-refractivity contribution in [1.82, 2.24) is 4.57 Å². The van der Waals surface area contributed by atoms with Gasteiger partial charge in [-0.1, -0.05) is 31.2 Å². The molecular weight excluding hydrogens is 186 g/mol. The van der Waals surface area contributed by atoms with Crippen molar-refractivity contribution in [3.8, 4) is 0 Å². The van der Waals surface area contributed by atoms with Crippen LogP contribution in [0, 0.1) is 0 Å². The molecule has 0 radical (unpaired) electrons. The van der Waals surface area contributed by atoms with Gasteiger partial charge in [0.15, 0.2) is 0 Å². The lowest BCUT2D eigenvalue weighted by molar-refractivity contribution is 0.0973. The highest BCUT2D eigenvalue weighted by atomic mass is 16.1. The van der Waals surface area contributed by atoms with Gasteiger partial charge < -0.3 is 0 Å². The Balaban J connectivity index is 2.44. The molecule has 0 atom stereocenters. The standard InChI is InChI=1S/C13H13NO/c1-2-3-8-13(15)14-10-9-11-6-4-5-7-12(11)14/h3-10H,2H2,1H3. The van der Waals surface area contributed by atoms with Gasteiger partial charge in [-0.3, -0.25) is 9.36 Å². The maximum Gasteiger partial charge on any atom is 0.254 e. The first-order valence-corrected chi connectivity index (χ1v) is 5.10. The van der Waals surface area contributed by atoms with Crippen LogP contribution in [-0.4, -0.2) is 10.5 Å². The topological polar surface area (TPSA) is 22.0 Å². The number of fused-ring (bicyclic) bond motifs is 1. The third-order valence-electron chi connectivity index (χ3n) is 2.33. The summed E-state index contributed by atoms with van der Waals surface area (Å²) < 4.78 is 1.67. The van der Waals surface area contributed by atoms with E-state index in [9.17, 15) is 4.79 Å². The van der Waals surface area contributed by atoms with Gasteiger partial charge in [0.05, 0.1) is 5.52 Å². The predicted octanol–water partition coefficient (Wildman–Crippen LogP) is 3.25. The van der Waals surface area contributed by atoms with E-state index < -0.39 is 0 Å². The Kier molecular flexibility index (Phi) is 2.68. The molecule has 0 amide bonds. The van der Waals surface area contributed by atoms with E-state index in [1.807, 2.05) is 49.5 Å². The molecular formula is C13H13NO. The average molecular weight is 199 g/mol. The molecule has 0 saturated carbocycles. The third kappa shape index (κ3) is 1.84. The van der Waals surface area contributed by atoms with E-state index in [1.165, 1.54) is 0 Å². The molecule has 0 aliphatic heterocycles. The maximum absolute atomic E-state index is 11.8. The lowest BCUT2D eigenvalue weighted by Crippen LogP contribution is -2.04. The highest BCUT2D eigenvalue weighted by Gasteiger charge is 2.04. The van der Waals surface area contributed by atoms with Crippen molar-refractivity contribution in [2.45, 2.75) is 13.3 Å².